The number of hydrogen-bond donors (Lipinski definition) is 2. The summed E-state index contributed by atoms with van der Waals surface area (Å²) in [6.07, 6.45) is -0.397. The topological polar surface area (TPSA) is 98.8 Å². The number of aromatic nitrogens is 1. The molecule has 188 valence electrons. The third kappa shape index (κ3) is 7.08. The summed E-state index contributed by atoms with van der Waals surface area (Å²) in [5.41, 5.74) is 3.80. The van der Waals surface area contributed by atoms with Crippen LogP contribution in [0.25, 0.3) is 11.3 Å². The molecule has 0 radical (unpaired) electrons. The number of methoxy groups -OCH3 is 2. The fourth-order valence-corrected chi connectivity index (χ4v) is 3.64. The number of benzene rings is 3. The van der Waals surface area contributed by atoms with Gasteiger partial charge in [0.15, 0.2) is 0 Å². The van der Waals surface area contributed by atoms with Crippen molar-refractivity contribution in [2.75, 3.05) is 19.5 Å². The van der Waals surface area contributed by atoms with Crippen molar-refractivity contribution in [1.82, 2.24) is 10.3 Å². The molecule has 0 saturated heterocycles. The van der Waals surface area contributed by atoms with Crippen LogP contribution in [0.2, 0.25) is 0 Å². The van der Waals surface area contributed by atoms with Gasteiger partial charge in [-0.25, -0.2) is 9.78 Å². The number of nitrogens with zero attached hydrogens (tertiary/aromatic N) is 1. The van der Waals surface area contributed by atoms with Crippen LogP contribution in [0, 0.1) is 0 Å². The number of amides is 2. The summed E-state index contributed by atoms with van der Waals surface area (Å²) in [5.74, 6) is 1.49. The van der Waals surface area contributed by atoms with Gasteiger partial charge in [-0.15, -0.1) is 0 Å². The van der Waals surface area contributed by atoms with Crippen LogP contribution in [-0.2, 0) is 17.8 Å². The number of carbonyl (C=O) groups is 2. The second kappa shape index (κ2) is 12.2. The van der Waals surface area contributed by atoms with Crippen molar-refractivity contribution in [3.63, 3.8) is 0 Å². The van der Waals surface area contributed by atoms with Crippen LogP contribution in [0.4, 0.5) is 10.5 Å². The van der Waals surface area contributed by atoms with Crippen molar-refractivity contribution in [2.24, 2.45) is 0 Å². The third-order valence-corrected chi connectivity index (χ3v) is 5.55. The average molecular weight is 498 g/mol. The Bertz CT molecular complexity index is 1350. The normalized spacial score (nSPS) is 10.3. The van der Waals surface area contributed by atoms with Gasteiger partial charge in [0.05, 0.1) is 26.3 Å². The van der Waals surface area contributed by atoms with Crippen molar-refractivity contribution in [2.45, 2.75) is 13.0 Å². The molecule has 1 aromatic heterocycles. The number of carbonyl (C=O) groups excluding carboxylic acids is 2. The molecule has 4 aromatic rings. The highest BCUT2D eigenvalue weighted by molar-refractivity contribution is 5.86. The lowest BCUT2D eigenvalue weighted by Crippen LogP contribution is -2.24. The van der Waals surface area contributed by atoms with Crippen LogP contribution >= 0.6 is 0 Å². The molecular formula is C29H27N3O5. The van der Waals surface area contributed by atoms with E-state index in [0.717, 1.165) is 22.4 Å². The van der Waals surface area contributed by atoms with Crippen molar-refractivity contribution in [3.8, 4) is 28.6 Å². The molecule has 0 bridgehead atoms. The van der Waals surface area contributed by atoms with Crippen molar-refractivity contribution in [3.05, 3.63) is 102 Å². The molecule has 3 aromatic carbocycles. The number of hydrogen-bond acceptors (Lipinski definition) is 6. The Labute approximate surface area is 215 Å². The molecule has 8 heteroatoms. The highest BCUT2D eigenvalue weighted by Crippen LogP contribution is 2.24. The second-order valence-corrected chi connectivity index (χ2v) is 8.06. The molecule has 0 aliphatic carbocycles. The molecule has 0 aliphatic heterocycles. The smallest absolute Gasteiger partial charge is 0.418 e. The Hall–Kier alpha value is -4.85. The van der Waals surface area contributed by atoms with Gasteiger partial charge in [-0.1, -0.05) is 42.5 Å². The first-order valence-electron chi connectivity index (χ1n) is 11.6. The van der Waals surface area contributed by atoms with Gasteiger partial charge in [0, 0.05) is 23.9 Å². The van der Waals surface area contributed by atoms with E-state index < -0.39 is 6.09 Å². The van der Waals surface area contributed by atoms with Gasteiger partial charge in [-0.2, -0.15) is 0 Å². The number of ether oxygens (including phenoxy) is 3. The summed E-state index contributed by atoms with van der Waals surface area (Å²) in [4.78, 5) is 29.4. The summed E-state index contributed by atoms with van der Waals surface area (Å²) in [6.45, 7) is 0.329. The zero-order chi connectivity index (χ0) is 26.0. The number of anilines is 1. The maximum atomic E-state index is 12.5. The summed E-state index contributed by atoms with van der Waals surface area (Å²) in [7, 11) is 3.18. The standard InChI is InChI=1S/C29H27N3O5/c1-35-23-14-10-20(11-15-23)18-27(33)30-19-21-6-3-4-7-25(21)26-8-5-9-28(32-26)37-29(34)31-22-12-16-24(36-2)17-13-22/h3-17H,18-19H2,1-2H3,(H,30,33)(H,31,34). The van der Waals surface area contributed by atoms with Gasteiger partial charge in [0.1, 0.15) is 11.5 Å². The Balaban J connectivity index is 1.39. The number of nitrogens with one attached hydrogen (secondary N) is 2. The van der Waals surface area contributed by atoms with E-state index in [9.17, 15) is 9.59 Å². The second-order valence-electron chi connectivity index (χ2n) is 8.06. The third-order valence-electron chi connectivity index (χ3n) is 5.55. The molecule has 0 unspecified atom stereocenters. The Morgan fingerprint density at radius 1 is 0.784 bits per heavy atom. The number of rotatable bonds is 9. The minimum atomic E-state index is -0.658. The highest BCUT2D eigenvalue weighted by Gasteiger charge is 2.12. The van der Waals surface area contributed by atoms with E-state index in [4.69, 9.17) is 14.2 Å². The van der Waals surface area contributed by atoms with Crippen LogP contribution in [-0.4, -0.2) is 31.2 Å². The predicted octanol–water partition coefficient (Wildman–Crippen LogP) is 5.24. The predicted molar refractivity (Wildman–Crippen MR) is 141 cm³/mol. The Kier molecular flexibility index (Phi) is 8.33. The van der Waals surface area contributed by atoms with Crippen LogP contribution in [0.5, 0.6) is 17.4 Å². The molecule has 0 aliphatic rings. The molecule has 37 heavy (non-hydrogen) atoms. The molecule has 4 rings (SSSR count). The van der Waals surface area contributed by atoms with E-state index in [2.05, 4.69) is 15.6 Å². The first-order valence-corrected chi connectivity index (χ1v) is 11.6. The maximum Gasteiger partial charge on any atom is 0.418 e. The molecular weight excluding hydrogens is 470 g/mol. The summed E-state index contributed by atoms with van der Waals surface area (Å²) in [5, 5.41) is 5.63. The zero-order valence-electron chi connectivity index (χ0n) is 20.6. The van der Waals surface area contributed by atoms with Gasteiger partial charge in [-0.3, -0.25) is 10.1 Å². The van der Waals surface area contributed by atoms with Gasteiger partial charge in [0.25, 0.3) is 0 Å². The van der Waals surface area contributed by atoms with Crippen molar-refractivity contribution >= 4 is 17.7 Å². The van der Waals surface area contributed by atoms with E-state index in [1.54, 1.807) is 50.6 Å². The van der Waals surface area contributed by atoms with Crippen LogP contribution in [0.1, 0.15) is 11.1 Å². The molecule has 0 spiro atoms. The van der Waals surface area contributed by atoms with Gasteiger partial charge in [0.2, 0.25) is 11.8 Å². The van der Waals surface area contributed by atoms with Gasteiger partial charge >= 0.3 is 6.09 Å². The fraction of sp³-hybridized carbons (Fsp3) is 0.138. The zero-order valence-corrected chi connectivity index (χ0v) is 20.6. The molecule has 0 fully saturated rings. The quantitative estimate of drug-likeness (QED) is 0.328. The van der Waals surface area contributed by atoms with E-state index in [0.29, 0.717) is 23.7 Å². The van der Waals surface area contributed by atoms with Gasteiger partial charge in [-0.05, 0) is 53.6 Å². The first-order chi connectivity index (χ1) is 18.0. The van der Waals surface area contributed by atoms with Crippen molar-refractivity contribution in [1.29, 1.82) is 0 Å². The summed E-state index contributed by atoms with van der Waals surface area (Å²) >= 11 is 0. The largest absolute Gasteiger partial charge is 0.497 e. The Morgan fingerprint density at radius 2 is 1.46 bits per heavy atom. The summed E-state index contributed by atoms with van der Waals surface area (Å²) < 4.78 is 15.7. The fourth-order valence-electron chi connectivity index (χ4n) is 3.64. The highest BCUT2D eigenvalue weighted by atomic mass is 16.6. The monoisotopic (exact) mass is 497 g/mol. The maximum absolute atomic E-state index is 12.5. The van der Waals surface area contributed by atoms with Gasteiger partial charge < -0.3 is 19.5 Å². The van der Waals surface area contributed by atoms with E-state index in [1.807, 2.05) is 54.6 Å². The Morgan fingerprint density at radius 3 is 2.16 bits per heavy atom. The van der Waals surface area contributed by atoms with E-state index in [-0.39, 0.29) is 18.2 Å². The minimum Gasteiger partial charge on any atom is -0.497 e. The minimum absolute atomic E-state index is 0.0970. The number of pyridine rings is 1. The summed E-state index contributed by atoms with van der Waals surface area (Å²) in [6, 6.07) is 27.1. The molecule has 2 amide bonds. The average Bonchev–Trinajstić information content (AvgIpc) is 2.93. The first kappa shape index (κ1) is 25.2. The van der Waals surface area contributed by atoms with Crippen molar-refractivity contribution < 1.29 is 23.8 Å². The molecule has 0 atom stereocenters. The lowest BCUT2D eigenvalue weighted by molar-refractivity contribution is -0.120. The lowest BCUT2D eigenvalue weighted by atomic mass is 10.0. The van der Waals surface area contributed by atoms with E-state index in [1.165, 1.54) is 0 Å². The lowest BCUT2D eigenvalue weighted by Gasteiger charge is -2.12. The SMILES string of the molecule is COc1ccc(CC(=O)NCc2ccccc2-c2cccc(OC(=O)Nc3ccc(OC)cc3)n2)cc1. The molecule has 8 nitrogen and oxygen atoms in total. The van der Waals surface area contributed by atoms with Crippen LogP contribution in [0.3, 0.4) is 0 Å². The van der Waals surface area contributed by atoms with Crippen LogP contribution in [0.15, 0.2) is 91.0 Å². The molecule has 2 N–H and O–H groups in total. The molecule has 0 saturated carbocycles. The van der Waals surface area contributed by atoms with E-state index >= 15 is 0 Å². The van der Waals surface area contributed by atoms with Crippen LogP contribution < -0.4 is 24.8 Å². The molecule has 1 heterocycles.